The predicted molar refractivity (Wildman–Crippen MR) is 149 cm³/mol. The van der Waals surface area contributed by atoms with E-state index in [1.807, 2.05) is 55.5 Å². The van der Waals surface area contributed by atoms with Crippen LogP contribution in [0.5, 0.6) is 0 Å². The number of thiol groups is 1. The van der Waals surface area contributed by atoms with Crippen molar-refractivity contribution in [2.45, 2.75) is 70.4 Å². The fraction of sp³-hybridized carbons (Fsp3) is 0.400. The largest absolute Gasteiger partial charge is 0.469 e. The average Bonchev–Trinajstić information content (AvgIpc) is 2.89. The van der Waals surface area contributed by atoms with Gasteiger partial charge < -0.3 is 23.7 Å². The van der Waals surface area contributed by atoms with E-state index >= 15 is 0 Å². The van der Waals surface area contributed by atoms with E-state index in [2.05, 4.69) is 17.4 Å². The van der Waals surface area contributed by atoms with Gasteiger partial charge in [-0.05, 0) is 41.2 Å². The van der Waals surface area contributed by atoms with Crippen LogP contribution in [0.15, 0.2) is 48.5 Å². The number of carbonyl (C=O) groups is 4. The monoisotopic (exact) mass is 570 g/mol. The summed E-state index contributed by atoms with van der Waals surface area (Å²) in [6, 6.07) is 13.7. The van der Waals surface area contributed by atoms with Crippen molar-refractivity contribution in [3.63, 3.8) is 0 Å². The number of benzene rings is 2. The van der Waals surface area contributed by atoms with Crippen LogP contribution in [0.3, 0.4) is 0 Å². The molecule has 0 unspecified atom stereocenters. The van der Waals surface area contributed by atoms with E-state index in [9.17, 15) is 19.2 Å². The Kier molecular flexibility index (Phi) is 10.9. The molecule has 1 aliphatic rings. The van der Waals surface area contributed by atoms with Gasteiger partial charge >= 0.3 is 23.9 Å². The second-order valence-corrected chi connectivity index (χ2v) is 9.97. The molecule has 1 heterocycles. The summed E-state index contributed by atoms with van der Waals surface area (Å²) in [6.45, 7) is 5.67. The molecule has 1 fully saturated rings. The van der Waals surface area contributed by atoms with Crippen LogP contribution in [0.2, 0.25) is 0 Å². The van der Waals surface area contributed by atoms with E-state index in [0.717, 1.165) is 22.3 Å². The van der Waals surface area contributed by atoms with Crippen molar-refractivity contribution in [3.8, 4) is 0 Å². The van der Waals surface area contributed by atoms with Crippen molar-refractivity contribution < 1.29 is 42.9 Å². The smallest absolute Gasteiger partial charge is 0.309 e. The molecule has 0 aliphatic carbocycles. The zero-order valence-electron chi connectivity index (χ0n) is 23.1. The fourth-order valence-electron chi connectivity index (χ4n) is 4.46. The summed E-state index contributed by atoms with van der Waals surface area (Å²) in [5.74, 6) is -2.16. The highest BCUT2D eigenvalue weighted by molar-refractivity contribution is 7.80. The van der Waals surface area contributed by atoms with Crippen molar-refractivity contribution in [1.29, 1.82) is 0 Å². The molecular formula is C30H34O9S. The first-order chi connectivity index (χ1) is 19.0. The van der Waals surface area contributed by atoms with Gasteiger partial charge in [-0.3, -0.25) is 19.2 Å². The van der Waals surface area contributed by atoms with Gasteiger partial charge in [-0.2, -0.15) is 0 Å². The molecule has 0 N–H and O–H groups in total. The van der Waals surface area contributed by atoms with Crippen LogP contribution >= 0.6 is 12.6 Å². The zero-order chi connectivity index (χ0) is 29.4. The molecule has 0 bridgehead atoms. The van der Waals surface area contributed by atoms with Gasteiger partial charge in [0.25, 0.3) is 0 Å². The van der Waals surface area contributed by atoms with Crippen molar-refractivity contribution in [2.75, 3.05) is 7.11 Å². The Balaban J connectivity index is 1.88. The van der Waals surface area contributed by atoms with Crippen LogP contribution < -0.4 is 0 Å². The van der Waals surface area contributed by atoms with Gasteiger partial charge in [0.1, 0.15) is 11.5 Å². The Morgan fingerprint density at radius 1 is 0.875 bits per heavy atom. The molecular weight excluding hydrogens is 536 g/mol. The van der Waals surface area contributed by atoms with Crippen molar-refractivity contribution >= 4 is 42.6 Å². The molecule has 0 aromatic heterocycles. The van der Waals surface area contributed by atoms with Crippen LogP contribution in [-0.2, 0) is 49.3 Å². The Bertz CT molecular complexity index is 1250. The predicted octanol–water partition coefficient (Wildman–Crippen LogP) is 4.28. The van der Waals surface area contributed by atoms with E-state index in [0.29, 0.717) is 12.0 Å². The van der Waals surface area contributed by atoms with Gasteiger partial charge in [-0.1, -0.05) is 54.6 Å². The number of hydrogen-bond donors (Lipinski definition) is 1. The average molecular weight is 571 g/mol. The summed E-state index contributed by atoms with van der Waals surface area (Å²) in [5.41, 5.74) is 3.81. The lowest BCUT2D eigenvalue weighted by Gasteiger charge is -2.43. The van der Waals surface area contributed by atoms with Gasteiger partial charge in [0.2, 0.25) is 0 Å². The number of rotatable bonds is 9. The molecule has 214 valence electrons. The maximum Gasteiger partial charge on any atom is 0.309 e. The molecule has 9 nitrogen and oxygen atoms in total. The summed E-state index contributed by atoms with van der Waals surface area (Å²) in [4.78, 5) is 47.1. The number of carbonyl (C=O) groups excluding carboxylic acids is 4. The topological polar surface area (TPSA) is 114 Å². The van der Waals surface area contributed by atoms with Gasteiger partial charge in [0.15, 0.2) is 18.3 Å². The second-order valence-electron chi connectivity index (χ2n) is 9.46. The van der Waals surface area contributed by atoms with Crippen LogP contribution in [-0.4, -0.2) is 54.7 Å². The third kappa shape index (κ3) is 8.43. The molecule has 40 heavy (non-hydrogen) atoms. The molecule has 0 radical (unpaired) electrons. The molecule has 1 saturated heterocycles. The molecule has 2 aromatic carbocycles. The Hall–Kier alpha value is -3.63. The van der Waals surface area contributed by atoms with Gasteiger partial charge in [-0.15, -0.1) is 12.6 Å². The third-order valence-corrected chi connectivity index (χ3v) is 6.73. The van der Waals surface area contributed by atoms with Crippen molar-refractivity contribution in [3.05, 3.63) is 76.4 Å². The summed E-state index contributed by atoms with van der Waals surface area (Å²) in [6.07, 6.45) is 0.288. The molecule has 0 saturated carbocycles. The summed E-state index contributed by atoms with van der Waals surface area (Å²) < 4.78 is 27.2. The number of ether oxygens (including phenoxy) is 5. The molecule has 10 heteroatoms. The zero-order valence-corrected chi connectivity index (χ0v) is 24.0. The Morgan fingerprint density at radius 3 is 2.08 bits per heavy atom. The molecule has 0 spiro atoms. The summed E-state index contributed by atoms with van der Waals surface area (Å²) >= 11 is 4.47. The molecule has 3 rings (SSSR count). The minimum atomic E-state index is -1.13. The van der Waals surface area contributed by atoms with Crippen molar-refractivity contribution in [1.82, 2.24) is 0 Å². The Morgan fingerprint density at radius 2 is 1.48 bits per heavy atom. The number of hydrogen-bond acceptors (Lipinski definition) is 10. The lowest BCUT2D eigenvalue weighted by Crippen LogP contribution is -2.57. The molecule has 5 atom stereocenters. The van der Waals surface area contributed by atoms with Crippen LogP contribution in [0.4, 0.5) is 0 Å². The van der Waals surface area contributed by atoms with E-state index in [1.54, 1.807) is 6.08 Å². The third-order valence-electron chi connectivity index (χ3n) is 6.32. The minimum Gasteiger partial charge on any atom is -0.469 e. The lowest BCUT2D eigenvalue weighted by atomic mass is 9.90. The number of methoxy groups -OCH3 is 1. The van der Waals surface area contributed by atoms with Crippen LogP contribution in [0.25, 0.3) is 6.08 Å². The van der Waals surface area contributed by atoms with Gasteiger partial charge in [-0.25, -0.2) is 0 Å². The quantitative estimate of drug-likeness (QED) is 0.268. The van der Waals surface area contributed by atoms with Gasteiger partial charge in [0.05, 0.1) is 13.5 Å². The molecule has 2 aromatic rings. The highest BCUT2D eigenvalue weighted by Crippen LogP contribution is 2.39. The lowest BCUT2D eigenvalue weighted by molar-refractivity contribution is -0.233. The SMILES string of the molecule is COC(=O)C/C=C/c1ccc(Cc2cc([C@@H]3O[C@H](S)[C@@H](OC(C)=O)[C@H](OC(C)=O)[C@H]3OC(C)=O)ccc2C)cc1. The minimum absolute atomic E-state index is 0.203. The van der Waals surface area contributed by atoms with E-state index in [1.165, 1.54) is 27.9 Å². The maximum absolute atomic E-state index is 12.1. The first kappa shape index (κ1) is 30.9. The Labute approximate surface area is 239 Å². The first-order valence-electron chi connectivity index (χ1n) is 12.8. The highest BCUT2D eigenvalue weighted by Gasteiger charge is 2.51. The maximum atomic E-state index is 12.1. The van der Waals surface area contributed by atoms with Gasteiger partial charge in [0, 0.05) is 20.8 Å². The summed E-state index contributed by atoms with van der Waals surface area (Å²) in [5, 5.41) is 0. The van der Waals surface area contributed by atoms with Crippen LogP contribution in [0.1, 0.15) is 61.1 Å². The highest BCUT2D eigenvalue weighted by atomic mass is 32.1. The normalized spacial score (nSPS) is 22.4. The number of aryl methyl sites for hydroxylation is 1. The van der Waals surface area contributed by atoms with E-state index in [4.69, 9.17) is 18.9 Å². The van der Waals surface area contributed by atoms with E-state index in [-0.39, 0.29) is 12.4 Å². The number of esters is 4. The molecule has 0 amide bonds. The second kappa shape index (κ2) is 14.1. The van der Waals surface area contributed by atoms with Crippen molar-refractivity contribution in [2.24, 2.45) is 0 Å². The summed E-state index contributed by atoms with van der Waals surface area (Å²) in [7, 11) is 1.35. The standard InChI is InChI=1S/C30H34O9S/c1-17-9-14-23(16-24(17)15-22-12-10-21(11-13-22)7-6-8-25(34)35-5)26-27(36-18(2)31)28(37-19(3)32)29(30(40)39-26)38-20(4)33/h6-7,9-14,16,26-30,40H,8,15H2,1-5H3/b7-6+/t26-,27-,28+,29-,30+/m0/s1. The first-order valence-corrected chi connectivity index (χ1v) is 13.3. The van der Waals surface area contributed by atoms with Crippen LogP contribution in [0, 0.1) is 6.92 Å². The molecule has 1 aliphatic heterocycles. The fourth-order valence-corrected chi connectivity index (χ4v) is 4.82. The van der Waals surface area contributed by atoms with E-state index < -0.39 is 47.8 Å².